The second-order valence-electron chi connectivity index (χ2n) is 6.92. The Hall–Kier alpha value is -1.39. The summed E-state index contributed by atoms with van der Waals surface area (Å²) in [6.45, 7) is 7.40. The summed E-state index contributed by atoms with van der Waals surface area (Å²) in [5.74, 6) is -1.90. The fourth-order valence-electron chi connectivity index (χ4n) is 2.27. The molecule has 0 rings (SSSR count). The van der Waals surface area contributed by atoms with E-state index in [1.807, 2.05) is 0 Å². The number of rotatable bonds is 15. The summed E-state index contributed by atoms with van der Waals surface area (Å²) in [5, 5.41) is 21.8. The number of aliphatic carboxylic acids is 2. The molecule has 0 spiro atoms. The average molecular weight is 388 g/mol. The Morgan fingerprint density at radius 1 is 0.630 bits per heavy atom. The number of nitrogens with one attached hydrogen (secondary N) is 1. The summed E-state index contributed by atoms with van der Waals surface area (Å²) >= 11 is 0. The first kappa shape index (κ1) is 30.3. The van der Waals surface area contributed by atoms with Crippen molar-refractivity contribution >= 4 is 17.7 Å². The number of unbranched alkanes of at least 4 members (excludes halogenated alkanes) is 13. The zero-order chi connectivity index (χ0) is 21.3. The predicted molar refractivity (Wildman–Crippen MR) is 115 cm³/mol. The van der Waals surface area contributed by atoms with Gasteiger partial charge in [-0.1, -0.05) is 111 Å². The molecule has 0 saturated carbocycles. The molecule has 0 aromatic heterocycles. The summed E-state index contributed by atoms with van der Waals surface area (Å²) in [4.78, 5) is 18.8. The molecule has 0 atom stereocenters. The predicted octanol–water partition coefficient (Wildman–Crippen LogP) is 7.08. The van der Waals surface area contributed by atoms with E-state index < -0.39 is 11.9 Å². The molecule has 0 unspecified atom stereocenters. The third kappa shape index (κ3) is 40.6. The van der Waals surface area contributed by atoms with Gasteiger partial charge in [-0.3, -0.25) is 10.2 Å². The minimum Gasteiger partial charge on any atom is -0.481 e. The first-order chi connectivity index (χ1) is 12.8. The molecule has 3 N–H and O–H groups in total. The zero-order valence-electron chi connectivity index (χ0n) is 18.3. The molecule has 0 bridgehead atoms. The lowest BCUT2D eigenvalue weighted by atomic mass is 10.0. The summed E-state index contributed by atoms with van der Waals surface area (Å²) in [5.41, 5.74) is -0.324. The standard InChI is InChI=1S/C16H34.C3H5NO2.C3H6O2/c1-3-5-7-9-11-13-15-16-14-12-10-8-6-4-2;1-2(4)3(5)6;1-2-3(4)5/h3-16H2,1-2H3;4H,1H3,(H,5,6);2H2,1H3,(H,4,5). The highest BCUT2D eigenvalue weighted by Gasteiger charge is 1.93. The third-order valence-electron chi connectivity index (χ3n) is 4.08. The van der Waals surface area contributed by atoms with Crippen LogP contribution in [0.5, 0.6) is 0 Å². The quantitative estimate of drug-likeness (QED) is 0.206. The maximum atomic E-state index is 9.47. The Labute approximate surface area is 167 Å². The largest absolute Gasteiger partial charge is 0.481 e. The molecule has 162 valence electrons. The van der Waals surface area contributed by atoms with E-state index in [2.05, 4.69) is 13.8 Å². The molecule has 27 heavy (non-hydrogen) atoms. The molecule has 0 saturated heterocycles. The Morgan fingerprint density at radius 3 is 0.926 bits per heavy atom. The topological polar surface area (TPSA) is 98.5 Å². The van der Waals surface area contributed by atoms with E-state index in [-0.39, 0.29) is 12.1 Å². The molecule has 5 heteroatoms. The van der Waals surface area contributed by atoms with Crippen molar-refractivity contribution in [3.63, 3.8) is 0 Å². The van der Waals surface area contributed by atoms with Crippen molar-refractivity contribution in [3.05, 3.63) is 0 Å². The summed E-state index contributed by atoms with van der Waals surface area (Å²) < 4.78 is 0. The van der Waals surface area contributed by atoms with Gasteiger partial charge in [0.15, 0.2) is 0 Å². The number of hydrogen-bond donors (Lipinski definition) is 3. The molecular formula is C22H45NO4. The molecule has 5 nitrogen and oxygen atoms in total. The van der Waals surface area contributed by atoms with Crippen LogP contribution < -0.4 is 0 Å². The first-order valence-electron chi connectivity index (χ1n) is 10.8. The highest BCUT2D eigenvalue weighted by atomic mass is 16.4. The Bertz CT molecular complexity index is 317. The van der Waals surface area contributed by atoms with Crippen LogP contribution in [0.2, 0.25) is 0 Å². The van der Waals surface area contributed by atoms with Crippen molar-refractivity contribution in [3.8, 4) is 0 Å². The summed E-state index contributed by atoms with van der Waals surface area (Å²) in [6.07, 6.45) is 20.6. The molecule has 0 aliphatic rings. The Kier molecular flexibility index (Phi) is 30.2. The molecule has 0 aromatic carbocycles. The van der Waals surface area contributed by atoms with E-state index in [1.165, 1.54) is 96.8 Å². The fraction of sp³-hybridized carbons (Fsp3) is 0.864. The van der Waals surface area contributed by atoms with Crippen molar-refractivity contribution in [2.75, 3.05) is 0 Å². The van der Waals surface area contributed by atoms with E-state index in [1.54, 1.807) is 6.92 Å². The van der Waals surface area contributed by atoms with Gasteiger partial charge in [0.1, 0.15) is 5.71 Å². The van der Waals surface area contributed by atoms with Crippen LogP contribution in [0, 0.1) is 5.41 Å². The Balaban J connectivity index is -0.000000428. The van der Waals surface area contributed by atoms with E-state index in [9.17, 15) is 9.59 Å². The van der Waals surface area contributed by atoms with Gasteiger partial charge in [0.05, 0.1) is 0 Å². The van der Waals surface area contributed by atoms with Crippen molar-refractivity contribution < 1.29 is 19.8 Å². The van der Waals surface area contributed by atoms with Gasteiger partial charge in [-0.2, -0.15) is 0 Å². The van der Waals surface area contributed by atoms with Gasteiger partial charge < -0.3 is 10.2 Å². The second-order valence-corrected chi connectivity index (χ2v) is 6.92. The van der Waals surface area contributed by atoms with Crippen LogP contribution in [0.4, 0.5) is 0 Å². The first-order valence-corrected chi connectivity index (χ1v) is 10.8. The molecule has 0 aromatic rings. The van der Waals surface area contributed by atoms with Crippen molar-refractivity contribution in [2.24, 2.45) is 0 Å². The highest BCUT2D eigenvalue weighted by Crippen LogP contribution is 2.12. The molecule has 0 fully saturated rings. The van der Waals surface area contributed by atoms with Gasteiger partial charge in [0, 0.05) is 6.42 Å². The lowest BCUT2D eigenvalue weighted by Crippen LogP contribution is -2.04. The smallest absolute Gasteiger partial charge is 0.349 e. The SMILES string of the molecule is CC(=N)C(=O)O.CCC(=O)O.CCCCCCCCCCCCCCCC. The molecule has 0 amide bonds. The van der Waals surface area contributed by atoms with Gasteiger partial charge in [-0.05, 0) is 6.92 Å². The van der Waals surface area contributed by atoms with Crippen molar-refractivity contribution in [2.45, 2.75) is 124 Å². The lowest BCUT2D eigenvalue weighted by molar-refractivity contribution is -0.136. The molecule has 0 aliphatic carbocycles. The zero-order valence-corrected chi connectivity index (χ0v) is 18.3. The highest BCUT2D eigenvalue weighted by molar-refractivity contribution is 6.33. The van der Waals surface area contributed by atoms with E-state index in [4.69, 9.17) is 15.6 Å². The number of carboxylic acids is 2. The minimum atomic E-state index is -1.16. The monoisotopic (exact) mass is 387 g/mol. The maximum Gasteiger partial charge on any atom is 0.349 e. The average Bonchev–Trinajstić information content (AvgIpc) is 2.63. The van der Waals surface area contributed by atoms with E-state index >= 15 is 0 Å². The normalized spacial score (nSPS) is 9.48. The summed E-state index contributed by atoms with van der Waals surface area (Å²) in [7, 11) is 0. The molecule has 0 radical (unpaired) electrons. The maximum absolute atomic E-state index is 9.47. The molecule has 0 heterocycles. The van der Waals surface area contributed by atoms with Crippen LogP contribution >= 0.6 is 0 Å². The molecular weight excluding hydrogens is 342 g/mol. The van der Waals surface area contributed by atoms with Gasteiger partial charge in [0.2, 0.25) is 0 Å². The van der Waals surface area contributed by atoms with Crippen LogP contribution in [-0.2, 0) is 9.59 Å². The van der Waals surface area contributed by atoms with Crippen LogP contribution in [0.3, 0.4) is 0 Å². The number of carbonyl (C=O) groups is 2. The van der Waals surface area contributed by atoms with E-state index in [0.717, 1.165) is 0 Å². The van der Waals surface area contributed by atoms with Crippen LogP contribution in [0.15, 0.2) is 0 Å². The van der Waals surface area contributed by atoms with Gasteiger partial charge in [0.25, 0.3) is 0 Å². The number of hydrogen-bond acceptors (Lipinski definition) is 3. The fourth-order valence-corrected chi connectivity index (χ4v) is 2.27. The molecule has 0 aliphatic heterocycles. The second kappa shape index (κ2) is 26.8. The lowest BCUT2D eigenvalue weighted by Gasteiger charge is -2.02. The minimum absolute atomic E-state index is 0.222. The van der Waals surface area contributed by atoms with Crippen LogP contribution in [0.25, 0.3) is 0 Å². The van der Waals surface area contributed by atoms with Crippen molar-refractivity contribution in [1.82, 2.24) is 0 Å². The number of carboxylic acid groups (broad SMARTS) is 2. The van der Waals surface area contributed by atoms with Crippen LogP contribution in [0.1, 0.15) is 124 Å². The summed E-state index contributed by atoms with van der Waals surface area (Å²) in [6, 6.07) is 0. The van der Waals surface area contributed by atoms with Gasteiger partial charge >= 0.3 is 11.9 Å². The van der Waals surface area contributed by atoms with E-state index in [0.29, 0.717) is 0 Å². The van der Waals surface area contributed by atoms with Crippen molar-refractivity contribution in [1.29, 1.82) is 5.41 Å². The van der Waals surface area contributed by atoms with Gasteiger partial charge in [-0.25, -0.2) is 4.79 Å². The third-order valence-corrected chi connectivity index (χ3v) is 4.08. The Morgan fingerprint density at radius 2 is 0.815 bits per heavy atom. The van der Waals surface area contributed by atoms with Gasteiger partial charge in [-0.15, -0.1) is 0 Å². The van der Waals surface area contributed by atoms with Crippen LogP contribution in [-0.4, -0.2) is 27.9 Å².